The zero-order chi connectivity index (χ0) is 41.1. The van der Waals surface area contributed by atoms with Crippen molar-refractivity contribution in [1.29, 1.82) is 0 Å². The Labute approximate surface area is 340 Å². The lowest BCUT2D eigenvalue weighted by atomic mass is 10.2. The first-order valence-electron chi connectivity index (χ1n) is 19.6. The number of rotatable bonds is 17. The quantitative estimate of drug-likeness (QED) is 0.0739. The number of aromatic nitrogens is 7. The van der Waals surface area contributed by atoms with Crippen LogP contribution < -0.4 is 36.6 Å². The number of nitrogens with zero attached hydrogens (tertiary/aromatic N) is 8. The van der Waals surface area contributed by atoms with Crippen LogP contribution in [0, 0.1) is 0 Å². The molecule has 0 spiro atoms. The Kier molecular flexibility index (Phi) is 13.3. The zero-order valence-corrected chi connectivity index (χ0v) is 33.0. The van der Waals surface area contributed by atoms with Gasteiger partial charge in [-0.15, -0.1) is 10.2 Å². The lowest BCUT2D eigenvalue weighted by Gasteiger charge is -2.12. The topological polar surface area (TPSA) is 227 Å². The molecule has 2 aliphatic rings. The molecule has 0 bridgehead atoms. The fourth-order valence-electron chi connectivity index (χ4n) is 6.65. The van der Waals surface area contributed by atoms with Gasteiger partial charge in [-0.1, -0.05) is 22.6 Å². The van der Waals surface area contributed by atoms with Gasteiger partial charge in [0.2, 0.25) is 11.8 Å². The first kappa shape index (κ1) is 40.6. The van der Waals surface area contributed by atoms with E-state index in [1.807, 2.05) is 43.3 Å². The molecule has 59 heavy (non-hydrogen) atoms. The molecule has 2 aliphatic heterocycles. The summed E-state index contributed by atoms with van der Waals surface area (Å²) in [7, 11) is 3.93. The smallest absolute Gasteiger partial charge is 0.270 e. The molecule has 0 saturated carbocycles. The Morgan fingerprint density at radius 3 is 1.71 bits per heavy atom. The maximum Gasteiger partial charge on any atom is 0.270 e. The molecule has 308 valence electrons. The molecule has 19 nitrogen and oxygen atoms in total. The molecule has 2 atom stereocenters. The Bertz CT molecular complexity index is 2110. The second kappa shape index (κ2) is 19.2. The predicted octanol–water partition coefficient (Wildman–Crippen LogP) is 1.81. The van der Waals surface area contributed by atoms with Crippen LogP contribution in [-0.4, -0.2) is 116 Å². The molecule has 5 heterocycles. The van der Waals surface area contributed by atoms with Crippen LogP contribution in [0.4, 0.5) is 11.4 Å². The van der Waals surface area contributed by atoms with E-state index in [9.17, 15) is 19.2 Å². The third-order valence-corrected chi connectivity index (χ3v) is 9.73. The van der Waals surface area contributed by atoms with Crippen molar-refractivity contribution in [2.45, 2.75) is 57.3 Å². The van der Waals surface area contributed by atoms with Crippen molar-refractivity contribution < 1.29 is 23.9 Å². The number of pyridine rings is 1. The van der Waals surface area contributed by atoms with Gasteiger partial charge in [0.15, 0.2) is 0 Å². The van der Waals surface area contributed by atoms with Gasteiger partial charge in [0.1, 0.15) is 28.5 Å². The van der Waals surface area contributed by atoms with E-state index in [0.29, 0.717) is 46.5 Å². The number of carbonyl (C=O) groups is 4. The molecule has 7 rings (SSSR count). The van der Waals surface area contributed by atoms with Gasteiger partial charge in [0.05, 0.1) is 55.5 Å². The molecule has 19 heteroatoms. The first-order valence-corrected chi connectivity index (χ1v) is 19.6. The van der Waals surface area contributed by atoms with Crippen LogP contribution >= 0.6 is 0 Å². The van der Waals surface area contributed by atoms with E-state index in [0.717, 1.165) is 51.7 Å². The summed E-state index contributed by atoms with van der Waals surface area (Å²) in [5.41, 5.74) is 3.54. The van der Waals surface area contributed by atoms with Crippen LogP contribution in [0.3, 0.4) is 0 Å². The summed E-state index contributed by atoms with van der Waals surface area (Å²) in [6.45, 7) is 2.87. The van der Waals surface area contributed by atoms with E-state index in [-0.39, 0.29) is 48.4 Å². The zero-order valence-electron chi connectivity index (χ0n) is 33.0. The summed E-state index contributed by atoms with van der Waals surface area (Å²) in [5, 5.41) is 34.7. The minimum absolute atomic E-state index is 0.0190. The molecule has 4 amide bonds. The normalized spacial score (nSPS) is 16.2. The third kappa shape index (κ3) is 11.1. The summed E-state index contributed by atoms with van der Waals surface area (Å²) in [6, 6.07) is 17.1. The molecule has 5 aromatic rings. The van der Waals surface area contributed by atoms with Gasteiger partial charge in [0.25, 0.3) is 11.8 Å². The minimum Gasteiger partial charge on any atom is -0.493 e. The van der Waals surface area contributed by atoms with Gasteiger partial charge in [-0.3, -0.25) is 19.2 Å². The number of hydrogen-bond donors (Lipinski definition) is 6. The number of nitrogens with one attached hydrogen (secondary N) is 6. The SMILES string of the molecule is CN(C)CCCOc1cc(C(=O)NCc2cn(-c3cccc(NC(=O)[C@@H]4CCCN4)c3)nn2)nc(C(=O)NCc2cn(-c3cccc(NC(=O)[C@@H]4CCCN4)c3)nn2)c1. The average molecular weight is 805 g/mol. The van der Waals surface area contributed by atoms with Crippen LogP contribution in [0.5, 0.6) is 5.75 Å². The maximum absolute atomic E-state index is 13.4. The number of amides is 4. The highest BCUT2D eigenvalue weighted by Gasteiger charge is 2.23. The Morgan fingerprint density at radius 2 is 1.25 bits per heavy atom. The van der Waals surface area contributed by atoms with Crippen LogP contribution in [0.25, 0.3) is 11.4 Å². The van der Waals surface area contributed by atoms with Crippen molar-refractivity contribution in [3.63, 3.8) is 0 Å². The molecule has 2 fully saturated rings. The van der Waals surface area contributed by atoms with Crippen LogP contribution in [0.15, 0.2) is 73.1 Å². The highest BCUT2D eigenvalue weighted by molar-refractivity contribution is 5.97. The average Bonchev–Trinajstić information content (AvgIpc) is 4.09. The largest absolute Gasteiger partial charge is 0.493 e. The molecule has 0 unspecified atom stereocenters. The summed E-state index contributed by atoms with van der Waals surface area (Å²) < 4.78 is 9.06. The molecule has 2 aromatic carbocycles. The Morgan fingerprint density at radius 1 is 0.746 bits per heavy atom. The predicted molar refractivity (Wildman–Crippen MR) is 217 cm³/mol. The number of carbonyl (C=O) groups excluding carboxylic acids is 4. The number of ether oxygens (including phenoxy) is 1. The van der Waals surface area contributed by atoms with Crippen molar-refractivity contribution in [1.82, 2.24) is 61.1 Å². The number of anilines is 2. The standard InChI is InChI=1S/C40H48N14O5/c1-52(2)16-7-17-59-32-20-35(37(55)43-22-28-24-53(50-48-28)30-10-3-8-26(18-30)45-39(57)33-12-5-14-41-33)47-36(21-32)38(56)44-23-29-25-54(51-49-29)31-11-4-9-27(19-31)46-40(58)34-13-6-15-42-34/h3-4,8-11,18-21,24-25,33-34,41-42H,5-7,12-17,22-23H2,1-2H3,(H,43,55)(H,44,56)(H,45,57)(H,46,58)/t33-,34-/m0/s1. The number of hydrogen-bond acceptors (Lipinski definition) is 13. The van der Waals surface area contributed by atoms with Crippen LogP contribution in [0.2, 0.25) is 0 Å². The fourth-order valence-corrected chi connectivity index (χ4v) is 6.65. The second-order valence-corrected chi connectivity index (χ2v) is 14.6. The van der Waals surface area contributed by atoms with E-state index < -0.39 is 11.8 Å². The highest BCUT2D eigenvalue weighted by atomic mass is 16.5. The molecule has 6 N–H and O–H groups in total. The molecular weight excluding hydrogens is 757 g/mol. The monoisotopic (exact) mass is 804 g/mol. The molecule has 2 saturated heterocycles. The van der Waals surface area contributed by atoms with Crippen molar-refractivity contribution in [2.24, 2.45) is 0 Å². The summed E-state index contributed by atoms with van der Waals surface area (Å²) in [6.07, 6.45) is 7.61. The van der Waals surface area contributed by atoms with E-state index in [1.165, 1.54) is 12.1 Å². The molecular formula is C40H48N14O5. The molecule has 0 radical (unpaired) electrons. The first-order chi connectivity index (χ1) is 28.7. The van der Waals surface area contributed by atoms with Crippen molar-refractivity contribution in [3.05, 3.63) is 95.8 Å². The van der Waals surface area contributed by atoms with Crippen molar-refractivity contribution >= 4 is 35.0 Å². The summed E-state index contributed by atoms with van der Waals surface area (Å²) in [5.74, 6) is -0.932. The van der Waals surface area contributed by atoms with E-state index in [2.05, 4.69) is 57.5 Å². The van der Waals surface area contributed by atoms with E-state index >= 15 is 0 Å². The molecule has 3 aromatic heterocycles. The van der Waals surface area contributed by atoms with Gasteiger partial charge in [-0.25, -0.2) is 14.3 Å². The third-order valence-electron chi connectivity index (χ3n) is 9.73. The second-order valence-electron chi connectivity index (χ2n) is 14.6. The number of benzene rings is 2. The maximum atomic E-state index is 13.4. The van der Waals surface area contributed by atoms with Gasteiger partial charge >= 0.3 is 0 Å². The van der Waals surface area contributed by atoms with Crippen LogP contribution in [-0.2, 0) is 22.7 Å². The summed E-state index contributed by atoms with van der Waals surface area (Å²) >= 11 is 0. The minimum atomic E-state index is -0.543. The van der Waals surface area contributed by atoms with Gasteiger partial charge < -0.3 is 41.5 Å². The van der Waals surface area contributed by atoms with Gasteiger partial charge in [0, 0.05) is 30.1 Å². The van der Waals surface area contributed by atoms with Crippen LogP contribution in [0.1, 0.15) is 64.5 Å². The van der Waals surface area contributed by atoms with Gasteiger partial charge in [-0.05, 0) is 95.7 Å². The highest BCUT2D eigenvalue weighted by Crippen LogP contribution is 2.19. The van der Waals surface area contributed by atoms with E-state index in [4.69, 9.17) is 4.74 Å². The lowest BCUT2D eigenvalue weighted by Crippen LogP contribution is -2.35. The Hall–Kier alpha value is -6.57. The summed E-state index contributed by atoms with van der Waals surface area (Å²) in [4.78, 5) is 58.5. The lowest BCUT2D eigenvalue weighted by molar-refractivity contribution is -0.118. The Balaban J connectivity index is 0.975. The van der Waals surface area contributed by atoms with E-state index in [1.54, 1.807) is 46.0 Å². The fraction of sp³-hybridized carbons (Fsp3) is 0.375. The van der Waals surface area contributed by atoms with Crippen molar-refractivity contribution in [2.75, 3.05) is 51.0 Å². The molecule has 0 aliphatic carbocycles. The van der Waals surface area contributed by atoms with Gasteiger partial charge in [-0.2, -0.15) is 0 Å². The van der Waals surface area contributed by atoms with Crippen molar-refractivity contribution in [3.8, 4) is 17.1 Å².